The molecular formula is C23H23N5. The summed E-state index contributed by atoms with van der Waals surface area (Å²) in [5.74, 6) is 0. The van der Waals surface area contributed by atoms with Crippen molar-refractivity contribution in [3.8, 4) is 22.4 Å². The molecule has 0 saturated carbocycles. The number of aromatic nitrogens is 4. The Bertz CT molecular complexity index is 1030. The fraction of sp³-hybridized carbons (Fsp3) is 0.174. The van der Waals surface area contributed by atoms with Crippen LogP contribution in [-0.4, -0.2) is 26.3 Å². The van der Waals surface area contributed by atoms with Crippen molar-refractivity contribution in [1.82, 2.24) is 25.1 Å². The smallest absolute Gasteiger partial charge is 0.0748 e. The van der Waals surface area contributed by atoms with Crippen LogP contribution < -0.4 is 5.32 Å². The third-order valence-electron chi connectivity index (χ3n) is 4.77. The topological polar surface area (TPSA) is 55.6 Å². The number of aryl methyl sites for hydroxylation is 1. The lowest BCUT2D eigenvalue weighted by Gasteiger charge is -2.13. The second-order valence-electron chi connectivity index (χ2n) is 6.71. The van der Waals surface area contributed by atoms with E-state index in [1.165, 1.54) is 16.8 Å². The molecule has 0 atom stereocenters. The number of pyridine rings is 2. The molecule has 140 valence electrons. The highest BCUT2D eigenvalue weighted by Gasteiger charge is 2.09. The molecule has 1 aromatic carbocycles. The van der Waals surface area contributed by atoms with Crippen LogP contribution in [0, 0.1) is 6.92 Å². The zero-order valence-electron chi connectivity index (χ0n) is 15.9. The molecule has 0 saturated heterocycles. The highest BCUT2D eigenvalue weighted by Crippen LogP contribution is 2.26. The van der Waals surface area contributed by atoms with E-state index in [0.29, 0.717) is 0 Å². The molecule has 5 nitrogen and oxygen atoms in total. The van der Waals surface area contributed by atoms with Gasteiger partial charge in [0.2, 0.25) is 0 Å². The minimum Gasteiger partial charge on any atom is -0.311 e. The first-order valence-corrected chi connectivity index (χ1v) is 9.45. The van der Waals surface area contributed by atoms with Crippen LogP contribution in [-0.2, 0) is 13.1 Å². The molecule has 1 N–H and O–H groups in total. The van der Waals surface area contributed by atoms with E-state index in [4.69, 9.17) is 4.98 Å². The molecule has 28 heavy (non-hydrogen) atoms. The normalized spacial score (nSPS) is 10.9. The van der Waals surface area contributed by atoms with Crippen LogP contribution >= 0.6 is 0 Å². The zero-order chi connectivity index (χ0) is 19.2. The first-order chi connectivity index (χ1) is 13.8. The lowest BCUT2D eigenvalue weighted by molar-refractivity contribution is 0.545. The minimum atomic E-state index is 0.742. The second-order valence-corrected chi connectivity index (χ2v) is 6.71. The predicted octanol–water partition coefficient (Wildman–Crippen LogP) is 4.11. The van der Waals surface area contributed by atoms with Gasteiger partial charge in [-0.05, 0) is 42.3 Å². The van der Waals surface area contributed by atoms with Gasteiger partial charge in [0, 0.05) is 54.7 Å². The van der Waals surface area contributed by atoms with Gasteiger partial charge in [0.25, 0.3) is 0 Å². The van der Waals surface area contributed by atoms with Crippen molar-refractivity contribution >= 4 is 0 Å². The van der Waals surface area contributed by atoms with E-state index in [1.807, 2.05) is 41.3 Å². The molecule has 0 aliphatic rings. The fourth-order valence-corrected chi connectivity index (χ4v) is 3.24. The highest BCUT2D eigenvalue weighted by molar-refractivity contribution is 5.69. The summed E-state index contributed by atoms with van der Waals surface area (Å²) in [4.78, 5) is 8.91. The first kappa shape index (κ1) is 18.1. The van der Waals surface area contributed by atoms with Crippen molar-refractivity contribution in [3.05, 3.63) is 90.6 Å². The van der Waals surface area contributed by atoms with Gasteiger partial charge >= 0.3 is 0 Å². The maximum atomic E-state index is 4.78. The maximum absolute atomic E-state index is 4.78. The molecule has 0 fully saturated rings. The van der Waals surface area contributed by atoms with Crippen LogP contribution in [0.2, 0.25) is 0 Å². The largest absolute Gasteiger partial charge is 0.311 e. The van der Waals surface area contributed by atoms with E-state index in [2.05, 4.69) is 52.7 Å². The molecular weight excluding hydrogens is 346 g/mol. The molecule has 4 rings (SSSR count). The summed E-state index contributed by atoms with van der Waals surface area (Å²) < 4.78 is 2.01. The fourth-order valence-electron chi connectivity index (χ4n) is 3.24. The van der Waals surface area contributed by atoms with Crippen LogP contribution in [0.4, 0.5) is 0 Å². The average Bonchev–Trinajstić information content (AvgIpc) is 3.17. The molecule has 5 heteroatoms. The molecule has 3 heterocycles. The van der Waals surface area contributed by atoms with Gasteiger partial charge < -0.3 is 5.32 Å². The summed E-state index contributed by atoms with van der Waals surface area (Å²) in [5, 5.41) is 7.88. The third kappa shape index (κ3) is 4.15. The van der Waals surface area contributed by atoms with E-state index in [0.717, 1.165) is 36.5 Å². The van der Waals surface area contributed by atoms with Gasteiger partial charge in [-0.3, -0.25) is 14.6 Å². The molecule has 0 aliphatic carbocycles. The third-order valence-corrected chi connectivity index (χ3v) is 4.77. The lowest BCUT2D eigenvalue weighted by Crippen LogP contribution is -2.21. The van der Waals surface area contributed by atoms with Crippen molar-refractivity contribution < 1.29 is 0 Å². The summed E-state index contributed by atoms with van der Waals surface area (Å²) in [5.41, 5.74) is 6.71. The van der Waals surface area contributed by atoms with Crippen LogP contribution in [0.1, 0.15) is 11.3 Å². The van der Waals surface area contributed by atoms with Crippen molar-refractivity contribution in [3.63, 3.8) is 0 Å². The van der Waals surface area contributed by atoms with E-state index in [9.17, 15) is 0 Å². The Morgan fingerprint density at radius 2 is 1.71 bits per heavy atom. The number of hydrogen-bond donors (Lipinski definition) is 1. The zero-order valence-corrected chi connectivity index (χ0v) is 15.9. The van der Waals surface area contributed by atoms with Crippen LogP contribution in [0.15, 0.2) is 79.4 Å². The van der Waals surface area contributed by atoms with Gasteiger partial charge in [-0.2, -0.15) is 5.10 Å². The van der Waals surface area contributed by atoms with Crippen LogP contribution in [0.5, 0.6) is 0 Å². The van der Waals surface area contributed by atoms with Gasteiger partial charge in [0.05, 0.1) is 12.2 Å². The monoisotopic (exact) mass is 369 g/mol. The van der Waals surface area contributed by atoms with E-state index in [1.54, 1.807) is 12.4 Å². The van der Waals surface area contributed by atoms with Gasteiger partial charge in [0.15, 0.2) is 0 Å². The lowest BCUT2D eigenvalue weighted by atomic mass is 10.0. The summed E-state index contributed by atoms with van der Waals surface area (Å²) in [7, 11) is 0. The Morgan fingerprint density at radius 3 is 2.46 bits per heavy atom. The van der Waals surface area contributed by atoms with Gasteiger partial charge in [-0.1, -0.05) is 30.3 Å². The molecule has 0 bridgehead atoms. The maximum Gasteiger partial charge on any atom is 0.0748 e. The molecule has 3 aromatic heterocycles. The Morgan fingerprint density at radius 1 is 0.893 bits per heavy atom. The Balaban J connectivity index is 1.56. The van der Waals surface area contributed by atoms with Crippen molar-refractivity contribution in [2.45, 2.75) is 20.0 Å². The average molecular weight is 369 g/mol. The Kier molecular flexibility index (Phi) is 5.54. The van der Waals surface area contributed by atoms with E-state index >= 15 is 0 Å². The molecule has 0 radical (unpaired) electrons. The van der Waals surface area contributed by atoms with Crippen molar-refractivity contribution in [2.75, 3.05) is 6.54 Å². The standard InChI is InChI=1S/C23H23N5/c1-18-7-12-27-28(18)14-13-25-16-22-15-21(19-5-3-2-4-6-19)17-26-23(22)20-8-10-24-11-9-20/h2-12,15,17,25H,13-14,16H2,1H3. The predicted molar refractivity (Wildman–Crippen MR) is 112 cm³/mol. The molecule has 0 amide bonds. The van der Waals surface area contributed by atoms with E-state index < -0.39 is 0 Å². The Hall–Kier alpha value is -3.31. The summed E-state index contributed by atoms with van der Waals surface area (Å²) in [6, 6.07) is 18.6. The van der Waals surface area contributed by atoms with E-state index in [-0.39, 0.29) is 0 Å². The highest BCUT2D eigenvalue weighted by atomic mass is 15.3. The first-order valence-electron chi connectivity index (χ1n) is 9.45. The van der Waals surface area contributed by atoms with Crippen LogP contribution in [0.25, 0.3) is 22.4 Å². The number of nitrogens with one attached hydrogen (secondary N) is 1. The van der Waals surface area contributed by atoms with Gasteiger partial charge in [0.1, 0.15) is 0 Å². The summed E-state index contributed by atoms with van der Waals surface area (Å²) >= 11 is 0. The molecule has 0 spiro atoms. The number of rotatable bonds is 7. The molecule has 4 aromatic rings. The quantitative estimate of drug-likeness (QED) is 0.498. The molecule has 0 aliphatic heterocycles. The number of benzene rings is 1. The summed E-state index contributed by atoms with van der Waals surface area (Å²) in [6.07, 6.45) is 7.39. The van der Waals surface area contributed by atoms with Crippen LogP contribution in [0.3, 0.4) is 0 Å². The molecule has 0 unspecified atom stereocenters. The SMILES string of the molecule is Cc1ccnn1CCNCc1cc(-c2ccccc2)cnc1-c1ccncc1. The van der Waals surface area contributed by atoms with Crippen molar-refractivity contribution in [2.24, 2.45) is 0 Å². The summed E-state index contributed by atoms with van der Waals surface area (Å²) in [6.45, 7) is 4.50. The van der Waals surface area contributed by atoms with Crippen molar-refractivity contribution in [1.29, 1.82) is 0 Å². The number of nitrogens with zero attached hydrogens (tertiary/aromatic N) is 4. The number of hydrogen-bond acceptors (Lipinski definition) is 4. The minimum absolute atomic E-state index is 0.742. The second kappa shape index (κ2) is 8.59. The van der Waals surface area contributed by atoms with Gasteiger partial charge in [-0.25, -0.2) is 0 Å². The van der Waals surface area contributed by atoms with Gasteiger partial charge in [-0.15, -0.1) is 0 Å². The Labute approximate surface area is 165 Å².